The van der Waals surface area contributed by atoms with Crippen molar-refractivity contribution in [3.63, 3.8) is 0 Å². The van der Waals surface area contributed by atoms with Gasteiger partial charge >= 0.3 is 0 Å². The van der Waals surface area contributed by atoms with E-state index in [9.17, 15) is 4.79 Å². The number of carbonyl (C=O) groups excluding carboxylic acids is 1. The first-order valence-electron chi connectivity index (χ1n) is 6.49. The Morgan fingerprint density at radius 2 is 2.00 bits per heavy atom. The van der Waals surface area contributed by atoms with Crippen molar-refractivity contribution in [3.05, 3.63) is 0 Å². The lowest BCUT2D eigenvalue weighted by Crippen LogP contribution is -2.61. The molecule has 4 heteroatoms. The average molecular weight is 242 g/mol. The predicted molar refractivity (Wildman–Crippen MR) is 68.8 cm³/mol. The lowest BCUT2D eigenvalue weighted by molar-refractivity contribution is -0.140. The van der Waals surface area contributed by atoms with Gasteiger partial charge in [0.25, 0.3) is 0 Å². The Kier molecular flexibility index (Phi) is 5.40. The third-order valence-electron chi connectivity index (χ3n) is 3.55. The Morgan fingerprint density at radius 1 is 1.35 bits per heavy atom. The molecule has 2 atom stereocenters. The van der Waals surface area contributed by atoms with E-state index in [1.807, 2.05) is 4.90 Å². The summed E-state index contributed by atoms with van der Waals surface area (Å²) >= 11 is 0. The quantitative estimate of drug-likeness (QED) is 0.803. The van der Waals surface area contributed by atoms with Crippen LogP contribution in [0.2, 0.25) is 0 Å². The zero-order valence-electron chi connectivity index (χ0n) is 11.7. The SMILES string of the molecule is COCC(=O)N1CC(C(C)C)NCC1C(C)C. The van der Waals surface area contributed by atoms with Gasteiger partial charge in [0, 0.05) is 32.3 Å². The van der Waals surface area contributed by atoms with Crippen LogP contribution in [-0.2, 0) is 9.53 Å². The van der Waals surface area contributed by atoms with Crippen molar-refractivity contribution in [1.82, 2.24) is 10.2 Å². The Morgan fingerprint density at radius 3 is 2.47 bits per heavy atom. The molecular formula is C13H26N2O2. The minimum absolute atomic E-state index is 0.110. The van der Waals surface area contributed by atoms with Crippen molar-refractivity contribution in [2.75, 3.05) is 26.8 Å². The van der Waals surface area contributed by atoms with Crippen molar-refractivity contribution >= 4 is 5.91 Å². The van der Waals surface area contributed by atoms with Crippen LogP contribution in [0, 0.1) is 11.8 Å². The van der Waals surface area contributed by atoms with Crippen molar-refractivity contribution in [3.8, 4) is 0 Å². The Hall–Kier alpha value is -0.610. The van der Waals surface area contributed by atoms with Crippen LogP contribution in [0.5, 0.6) is 0 Å². The Bertz CT molecular complexity index is 254. The summed E-state index contributed by atoms with van der Waals surface area (Å²) in [7, 11) is 1.57. The molecular weight excluding hydrogens is 216 g/mol. The number of rotatable bonds is 4. The molecule has 1 saturated heterocycles. The molecule has 1 fully saturated rings. The van der Waals surface area contributed by atoms with Crippen LogP contribution >= 0.6 is 0 Å². The van der Waals surface area contributed by atoms with Crippen molar-refractivity contribution in [1.29, 1.82) is 0 Å². The molecule has 17 heavy (non-hydrogen) atoms. The van der Waals surface area contributed by atoms with Gasteiger partial charge in [-0.3, -0.25) is 4.79 Å². The van der Waals surface area contributed by atoms with Gasteiger partial charge in [0.2, 0.25) is 5.91 Å². The van der Waals surface area contributed by atoms with Gasteiger partial charge in [0.15, 0.2) is 0 Å². The first kappa shape index (κ1) is 14.5. The molecule has 1 aliphatic rings. The molecule has 1 N–H and O–H groups in total. The topological polar surface area (TPSA) is 41.6 Å². The van der Waals surface area contributed by atoms with Crippen molar-refractivity contribution in [2.24, 2.45) is 11.8 Å². The van der Waals surface area contributed by atoms with E-state index in [-0.39, 0.29) is 18.6 Å². The second-order valence-electron chi connectivity index (χ2n) is 5.55. The van der Waals surface area contributed by atoms with Gasteiger partial charge in [-0.05, 0) is 11.8 Å². The predicted octanol–water partition coefficient (Wildman–Crippen LogP) is 1.11. The lowest BCUT2D eigenvalue weighted by Gasteiger charge is -2.43. The highest BCUT2D eigenvalue weighted by molar-refractivity contribution is 5.78. The molecule has 1 rings (SSSR count). The molecule has 4 nitrogen and oxygen atoms in total. The second kappa shape index (κ2) is 6.36. The minimum atomic E-state index is 0.110. The molecule has 0 aromatic rings. The van der Waals surface area contributed by atoms with E-state index < -0.39 is 0 Å². The van der Waals surface area contributed by atoms with Crippen LogP contribution in [0.3, 0.4) is 0 Å². The van der Waals surface area contributed by atoms with Crippen LogP contribution in [0.4, 0.5) is 0 Å². The summed E-state index contributed by atoms with van der Waals surface area (Å²) in [5.74, 6) is 1.12. The second-order valence-corrected chi connectivity index (χ2v) is 5.55. The normalized spacial score (nSPS) is 25.7. The van der Waals surface area contributed by atoms with Gasteiger partial charge in [0.05, 0.1) is 0 Å². The zero-order valence-corrected chi connectivity index (χ0v) is 11.7. The van der Waals surface area contributed by atoms with E-state index in [0.29, 0.717) is 17.9 Å². The molecule has 0 aromatic carbocycles. The molecule has 2 unspecified atom stereocenters. The Labute approximate surface area is 105 Å². The number of hydrogen-bond donors (Lipinski definition) is 1. The average Bonchev–Trinajstić information content (AvgIpc) is 2.28. The van der Waals surface area contributed by atoms with E-state index in [2.05, 4.69) is 33.0 Å². The number of nitrogens with one attached hydrogen (secondary N) is 1. The fraction of sp³-hybridized carbons (Fsp3) is 0.923. The maximum Gasteiger partial charge on any atom is 0.248 e. The van der Waals surface area contributed by atoms with Gasteiger partial charge in [-0.1, -0.05) is 27.7 Å². The summed E-state index contributed by atoms with van der Waals surface area (Å²) < 4.78 is 4.97. The highest BCUT2D eigenvalue weighted by Gasteiger charge is 2.33. The summed E-state index contributed by atoms with van der Waals surface area (Å²) in [5.41, 5.74) is 0. The number of methoxy groups -OCH3 is 1. The maximum absolute atomic E-state index is 12.1. The van der Waals surface area contributed by atoms with Gasteiger partial charge < -0.3 is 15.0 Å². The standard InChI is InChI=1S/C13H26N2O2/c1-9(2)11-7-15(13(16)8-17-5)12(6-14-11)10(3)4/h9-12,14H,6-8H2,1-5H3. The van der Waals surface area contributed by atoms with Crippen LogP contribution in [0.15, 0.2) is 0 Å². The number of carbonyl (C=O) groups is 1. The van der Waals surface area contributed by atoms with Gasteiger partial charge in [-0.15, -0.1) is 0 Å². The summed E-state index contributed by atoms with van der Waals surface area (Å²) in [6, 6.07) is 0.679. The van der Waals surface area contributed by atoms with Gasteiger partial charge in [-0.2, -0.15) is 0 Å². The van der Waals surface area contributed by atoms with Crippen molar-refractivity contribution in [2.45, 2.75) is 39.8 Å². The molecule has 0 aromatic heterocycles. The van der Waals surface area contributed by atoms with Crippen LogP contribution in [0.1, 0.15) is 27.7 Å². The highest BCUT2D eigenvalue weighted by atomic mass is 16.5. The van der Waals surface area contributed by atoms with Crippen LogP contribution in [0.25, 0.3) is 0 Å². The first-order valence-corrected chi connectivity index (χ1v) is 6.49. The molecule has 1 heterocycles. The molecule has 0 saturated carbocycles. The first-order chi connectivity index (χ1) is 7.97. The summed E-state index contributed by atoms with van der Waals surface area (Å²) in [6.07, 6.45) is 0. The smallest absolute Gasteiger partial charge is 0.248 e. The molecule has 1 amide bonds. The van der Waals surface area contributed by atoms with Gasteiger partial charge in [0.1, 0.15) is 6.61 Å². The van der Waals surface area contributed by atoms with Gasteiger partial charge in [-0.25, -0.2) is 0 Å². The minimum Gasteiger partial charge on any atom is -0.375 e. The Balaban J connectivity index is 2.72. The third kappa shape index (κ3) is 3.68. The summed E-state index contributed by atoms with van der Waals surface area (Å²) in [6.45, 7) is 10.6. The molecule has 0 aliphatic carbocycles. The van der Waals surface area contributed by atoms with E-state index in [1.165, 1.54) is 0 Å². The van der Waals surface area contributed by atoms with E-state index in [0.717, 1.165) is 13.1 Å². The fourth-order valence-electron chi connectivity index (χ4n) is 2.33. The highest BCUT2D eigenvalue weighted by Crippen LogP contribution is 2.18. The number of hydrogen-bond acceptors (Lipinski definition) is 3. The fourth-order valence-corrected chi connectivity index (χ4v) is 2.33. The molecule has 1 aliphatic heterocycles. The maximum atomic E-state index is 12.1. The van der Waals surface area contributed by atoms with Crippen LogP contribution < -0.4 is 5.32 Å². The molecule has 0 spiro atoms. The molecule has 0 bridgehead atoms. The zero-order chi connectivity index (χ0) is 13.0. The monoisotopic (exact) mass is 242 g/mol. The lowest BCUT2D eigenvalue weighted by atomic mass is 9.94. The van der Waals surface area contributed by atoms with E-state index in [4.69, 9.17) is 4.74 Å². The molecule has 0 radical (unpaired) electrons. The third-order valence-corrected chi connectivity index (χ3v) is 3.55. The summed E-state index contributed by atoms with van der Waals surface area (Å²) in [4.78, 5) is 14.0. The van der Waals surface area contributed by atoms with Crippen LogP contribution in [-0.4, -0.2) is 49.7 Å². The molecule has 100 valence electrons. The largest absolute Gasteiger partial charge is 0.375 e. The van der Waals surface area contributed by atoms with E-state index >= 15 is 0 Å². The number of ether oxygens (including phenoxy) is 1. The summed E-state index contributed by atoms with van der Waals surface area (Å²) in [5, 5.41) is 3.54. The number of piperazine rings is 1. The number of nitrogens with zero attached hydrogens (tertiary/aromatic N) is 1. The number of amides is 1. The van der Waals surface area contributed by atoms with E-state index in [1.54, 1.807) is 7.11 Å². The van der Waals surface area contributed by atoms with Crippen molar-refractivity contribution < 1.29 is 9.53 Å².